The number of azo groups is 4. The Hall–Kier alpha value is -8.26. The average Bonchev–Trinajstić information content (AvgIpc) is 3.31. The molecule has 0 aliphatic carbocycles. The Morgan fingerprint density at radius 1 is 0.417 bits per heavy atom. The number of hydrogen-bond donors (Lipinski definition) is 9. The van der Waals surface area contributed by atoms with Gasteiger partial charge in [0.1, 0.15) is 43.1 Å². The molecule has 0 radical (unpaired) electrons. The zero-order chi connectivity index (χ0) is 52.1. The van der Waals surface area contributed by atoms with Crippen molar-refractivity contribution in [3.8, 4) is 17.2 Å². The summed E-state index contributed by atoms with van der Waals surface area (Å²) in [5.74, 6) is -1.84. The molecule has 8 rings (SSSR count). The van der Waals surface area contributed by atoms with Gasteiger partial charge in [-0.25, -0.2) is 0 Å². The molecule has 368 valence electrons. The third-order valence-corrected chi connectivity index (χ3v) is 13.9. The molecule has 0 aliphatic rings. The van der Waals surface area contributed by atoms with Gasteiger partial charge in [0.2, 0.25) is 0 Å². The van der Waals surface area contributed by atoms with E-state index in [1.807, 2.05) is 0 Å². The van der Waals surface area contributed by atoms with Crippen LogP contribution < -0.4 is 5.73 Å². The zero-order valence-electron chi connectivity index (χ0n) is 35.8. The first-order chi connectivity index (χ1) is 33.8. The summed E-state index contributed by atoms with van der Waals surface area (Å²) in [7, 11) is -19.6. The predicted octanol–water partition coefficient (Wildman–Crippen LogP) is 9.99. The molecule has 0 atom stereocenters. The SMILES string of the molecule is Nc1c(N=Nc2ccc3cc(S(=O)(=O)O)c(N=Nc4cccc(S(=O)(=O)O)c4)c(O)c3c2)c(S(=O)(=O)O)cc2ccc(N=Nc3ccc4c(O)c(N=Nc5ccc(CO)cc5S(=O)(=O)O)ccc4c3)c(O)c12. The Kier molecular flexibility index (Phi) is 13.1. The van der Waals surface area contributed by atoms with Crippen molar-refractivity contribution in [3.05, 3.63) is 121 Å². The molecule has 8 aromatic rings. The summed E-state index contributed by atoms with van der Waals surface area (Å²) in [5, 5.41) is 74.8. The number of aliphatic hydroxyl groups excluding tert-OH is 1. The number of nitrogens with zero attached hydrogens (tertiary/aromatic N) is 8. The topological polar surface area (TPSA) is 423 Å². The molecular formula is C43H31N9O16S4. The molecule has 0 fully saturated rings. The number of fused-ring (bicyclic) bond motifs is 3. The van der Waals surface area contributed by atoms with Crippen LogP contribution in [-0.4, -0.2) is 72.3 Å². The van der Waals surface area contributed by atoms with Gasteiger partial charge in [0.15, 0.2) is 17.2 Å². The second-order valence-electron chi connectivity index (χ2n) is 15.1. The molecule has 0 aliphatic heterocycles. The molecule has 0 bridgehead atoms. The number of phenolic OH excluding ortho intramolecular Hbond substituents is 3. The van der Waals surface area contributed by atoms with Gasteiger partial charge in [-0.2, -0.15) is 49.0 Å². The minimum atomic E-state index is -5.09. The van der Waals surface area contributed by atoms with Gasteiger partial charge in [-0.3, -0.25) is 18.2 Å². The molecule has 25 nitrogen and oxygen atoms in total. The van der Waals surface area contributed by atoms with Gasteiger partial charge in [0, 0.05) is 10.8 Å². The summed E-state index contributed by atoms with van der Waals surface area (Å²) in [5.41, 5.74) is 3.97. The average molecular weight is 1060 g/mol. The number of rotatable bonds is 13. The summed E-state index contributed by atoms with van der Waals surface area (Å²) in [4.78, 5) is -2.93. The summed E-state index contributed by atoms with van der Waals surface area (Å²) in [6.07, 6.45) is 0. The largest absolute Gasteiger partial charge is 0.505 e. The molecule has 0 aromatic heterocycles. The Morgan fingerprint density at radius 2 is 0.931 bits per heavy atom. The van der Waals surface area contributed by atoms with E-state index in [-0.39, 0.29) is 72.4 Å². The van der Waals surface area contributed by atoms with Crippen LogP contribution in [0.1, 0.15) is 5.56 Å². The van der Waals surface area contributed by atoms with Gasteiger partial charge in [-0.05, 0) is 107 Å². The van der Waals surface area contributed by atoms with E-state index < -0.39 is 95.2 Å². The highest BCUT2D eigenvalue weighted by atomic mass is 32.2. The maximum atomic E-state index is 12.6. The normalized spacial score (nSPS) is 13.0. The summed E-state index contributed by atoms with van der Waals surface area (Å²) in [6, 6.07) is 23.4. The van der Waals surface area contributed by atoms with Crippen LogP contribution in [0.3, 0.4) is 0 Å². The lowest BCUT2D eigenvalue weighted by atomic mass is 10.1. The van der Waals surface area contributed by atoms with Crippen LogP contribution in [-0.2, 0) is 47.1 Å². The Morgan fingerprint density at radius 3 is 1.60 bits per heavy atom. The van der Waals surface area contributed by atoms with Crippen molar-refractivity contribution in [3.63, 3.8) is 0 Å². The third-order valence-electron chi connectivity index (χ3n) is 10.4. The Balaban J connectivity index is 1.12. The van der Waals surface area contributed by atoms with Crippen LogP contribution in [0.4, 0.5) is 51.2 Å². The number of aliphatic hydroxyl groups is 1. The van der Waals surface area contributed by atoms with E-state index in [0.717, 1.165) is 36.4 Å². The number of nitrogens with two attached hydrogens (primary N) is 1. The van der Waals surface area contributed by atoms with Gasteiger partial charge in [-0.1, -0.05) is 30.3 Å². The lowest BCUT2D eigenvalue weighted by Crippen LogP contribution is -2.01. The van der Waals surface area contributed by atoms with Crippen molar-refractivity contribution in [1.82, 2.24) is 0 Å². The van der Waals surface area contributed by atoms with E-state index in [1.54, 1.807) is 0 Å². The first kappa shape index (κ1) is 50.1. The second kappa shape index (κ2) is 18.8. The van der Waals surface area contributed by atoms with Crippen LogP contribution in [0.25, 0.3) is 32.3 Å². The summed E-state index contributed by atoms with van der Waals surface area (Å²) >= 11 is 0. The molecule has 72 heavy (non-hydrogen) atoms. The van der Waals surface area contributed by atoms with Crippen molar-refractivity contribution >= 4 is 124 Å². The van der Waals surface area contributed by atoms with E-state index in [0.29, 0.717) is 5.39 Å². The molecule has 0 unspecified atom stereocenters. The monoisotopic (exact) mass is 1060 g/mol. The predicted molar refractivity (Wildman–Crippen MR) is 256 cm³/mol. The number of aromatic hydroxyl groups is 3. The minimum Gasteiger partial charge on any atom is -0.505 e. The van der Waals surface area contributed by atoms with E-state index >= 15 is 0 Å². The highest BCUT2D eigenvalue weighted by molar-refractivity contribution is 7.86. The standard InChI is InChI=1S/C43H31N9O16S4/c44-38-37-24(7-13-33(43(37)56)49-45-26-9-10-29-22(15-26)6-12-32(41(29)54)50-48-31-11-4-21(20-53)14-34(31)70(60,61)62)17-35(71(63,64)65)39(38)51-47-27-8-5-23-16-36(72(66,67)68)40(42(55)30(23)19-27)52-46-25-2-1-3-28(18-25)69(57,58)59/h1-19,53-56H,20,44H2,(H,57,58,59)(H,60,61,62)(H,63,64,65)(H,66,67,68). The zero-order valence-corrected chi connectivity index (χ0v) is 39.1. The van der Waals surface area contributed by atoms with Crippen LogP contribution in [0.5, 0.6) is 17.2 Å². The van der Waals surface area contributed by atoms with Crippen molar-refractivity contribution in [2.24, 2.45) is 40.9 Å². The summed E-state index contributed by atoms with van der Waals surface area (Å²) in [6.45, 7) is -0.505. The fourth-order valence-corrected chi connectivity index (χ4v) is 9.57. The smallest absolute Gasteiger partial charge is 0.296 e. The van der Waals surface area contributed by atoms with Crippen LogP contribution >= 0.6 is 0 Å². The van der Waals surface area contributed by atoms with Crippen LogP contribution in [0.2, 0.25) is 0 Å². The molecule has 0 amide bonds. The number of anilines is 1. The van der Waals surface area contributed by atoms with Crippen LogP contribution in [0, 0.1) is 0 Å². The van der Waals surface area contributed by atoms with E-state index in [1.165, 1.54) is 78.9 Å². The molecule has 0 saturated heterocycles. The van der Waals surface area contributed by atoms with Crippen molar-refractivity contribution in [2.45, 2.75) is 26.2 Å². The Bertz CT molecular complexity index is 4210. The number of nitrogen functional groups attached to an aromatic ring is 1. The second-order valence-corrected chi connectivity index (χ2v) is 20.7. The van der Waals surface area contributed by atoms with E-state index in [9.17, 15) is 72.3 Å². The van der Waals surface area contributed by atoms with Gasteiger partial charge >= 0.3 is 0 Å². The fraction of sp³-hybridized carbons (Fsp3) is 0.0233. The van der Waals surface area contributed by atoms with Gasteiger partial charge in [-0.15, -0.1) is 25.6 Å². The highest BCUT2D eigenvalue weighted by Crippen LogP contribution is 2.47. The van der Waals surface area contributed by atoms with Crippen molar-refractivity contribution in [1.29, 1.82) is 0 Å². The molecular weight excluding hydrogens is 1030 g/mol. The maximum absolute atomic E-state index is 12.6. The van der Waals surface area contributed by atoms with Gasteiger partial charge < -0.3 is 26.2 Å². The van der Waals surface area contributed by atoms with Crippen molar-refractivity contribution < 1.29 is 72.3 Å². The minimum absolute atomic E-state index is 0.000210. The quantitative estimate of drug-likeness (QED) is 0.0294. The van der Waals surface area contributed by atoms with Crippen molar-refractivity contribution in [2.75, 3.05) is 5.73 Å². The van der Waals surface area contributed by atoms with E-state index in [2.05, 4.69) is 40.9 Å². The lowest BCUT2D eigenvalue weighted by Gasteiger charge is -2.12. The first-order valence-corrected chi connectivity index (χ1v) is 25.6. The number of phenols is 3. The molecule has 10 N–H and O–H groups in total. The molecule has 0 saturated carbocycles. The molecule has 29 heteroatoms. The third kappa shape index (κ3) is 10.3. The Labute approximate surface area is 405 Å². The fourth-order valence-electron chi connectivity index (χ4n) is 7.04. The first-order valence-electron chi connectivity index (χ1n) is 19.9. The maximum Gasteiger partial charge on any atom is 0.296 e. The molecule has 0 heterocycles. The van der Waals surface area contributed by atoms with Gasteiger partial charge in [0.25, 0.3) is 40.5 Å². The lowest BCUT2D eigenvalue weighted by molar-refractivity contribution is 0.281. The van der Waals surface area contributed by atoms with Crippen LogP contribution in [0.15, 0.2) is 176 Å². The number of hydrogen-bond acceptors (Lipinski definition) is 21. The molecule has 8 aromatic carbocycles. The highest BCUT2D eigenvalue weighted by Gasteiger charge is 2.25. The summed E-state index contributed by atoms with van der Waals surface area (Å²) < 4.78 is 136. The number of benzene rings is 8. The molecule has 0 spiro atoms. The van der Waals surface area contributed by atoms with Gasteiger partial charge in [0.05, 0.1) is 39.6 Å². The van der Waals surface area contributed by atoms with E-state index in [4.69, 9.17) is 5.73 Å².